The third kappa shape index (κ3) is 15.8. The summed E-state index contributed by atoms with van der Waals surface area (Å²) in [6.45, 7) is 20.4. The number of carbonyl (C=O) groups excluding carboxylic acids is 2. The molecule has 0 bridgehead atoms. The normalized spacial score (nSPS) is 12.1. The number of hydrogen-bond donors (Lipinski definition) is 0. The van der Waals surface area contributed by atoms with E-state index in [0.29, 0.717) is 11.1 Å². The Kier molecular flexibility index (Phi) is 20.3. The van der Waals surface area contributed by atoms with Gasteiger partial charge in [0.2, 0.25) is 0 Å². The Bertz CT molecular complexity index is 873. The summed E-state index contributed by atoms with van der Waals surface area (Å²) in [5, 5.41) is 0. The molecule has 2 rings (SSSR count). The number of unbranched alkanes of at least 4 members (excludes halogenated alkanes) is 2. The summed E-state index contributed by atoms with van der Waals surface area (Å²) in [6.07, 6.45) is 8.92. The number of hydrogen-bond acceptors (Lipinski definition) is 3. The number of benzene rings is 2. The number of nitrogens with zero attached hydrogens (tertiary/aromatic N) is 1. The molecule has 0 aliphatic rings. The van der Waals surface area contributed by atoms with Crippen LogP contribution in [-0.2, 0) is 0 Å². The molecule has 2 aromatic rings. The second-order valence-corrected chi connectivity index (χ2v) is 10.4. The quantitative estimate of drug-likeness (QED) is 0.181. The van der Waals surface area contributed by atoms with Gasteiger partial charge < -0.3 is 4.90 Å². The van der Waals surface area contributed by atoms with Crippen LogP contribution < -0.4 is 0 Å². The van der Waals surface area contributed by atoms with Crippen molar-refractivity contribution in [2.75, 3.05) is 19.6 Å². The van der Waals surface area contributed by atoms with Gasteiger partial charge in [-0.25, -0.2) is 4.39 Å². The molecule has 0 N–H and O–H groups in total. The van der Waals surface area contributed by atoms with E-state index in [1.165, 1.54) is 77.2 Å². The highest BCUT2D eigenvalue weighted by Gasteiger charge is 2.18. The molecule has 0 radical (unpaired) electrons. The van der Waals surface area contributed by atoms with Gasteiger partial charge in [0.25, 0.3) is 0 Å². The van der Waals surface area contributed by atoms with Crippen molar-refractivity contribution in [2.45, 2.75) is 100 Å². The highest BCUT2D eigenvalue weighted by atomic mass is 19.1. The fraction of sp³-hybridized carbons (Fsp3) is 0.588. The van der Waals surface area contributed by atoms with Gasteiger partial charge in [-0.1, -0.05) is 103 Å². The van der Waals surface area contributed by atoms with Crippen LogP contribution in [0.3, 0.4) is 0 Å². The van der Waals surface area contributed by atoms with Gasteiger partial charge in [0, 0.05) is 17.0 Å². The summed E-state index contributed by atoms with van der Waals surface area (Å²) in [6, 6.07) is 13.4. The van der Waals surface area contributed by atoms with Crippen molar-refractivity contribution in [3.05, 3.63) is 71.0 Å². The first-order valence-corrected chi connectivity index (χ1v) is 14.7. The van der Waals surface area contributed by atoms with E-state index in [9.17, 15) is 14.0 Å². The maximum absolute atomic E-state index is 12.1. The topological polar surface area (TPSA) is 37.4 Å². The van der Waals surface area contributed by atoms with Crippen LogP contribution in [0.4, 0.5) is 4.39 Å². The van der Waals surface area contributed by atoms with Crippen LogP contribution in [0.5, 0.6) is 0 Å². The molecule has 0 saturated heterocycles. The molecule has 0 spiro atoms. The van der Waals surface area contributed by atoms with Gasteiger partial charge in [-0.3, -0.25) is 9.59 Å². The molecule has 2 atom stereocenters. The molecule has 0 aliphatic carbocycles. The lowest BCUT2D eigenvalue weighted by Gasteiger charge is -2.23. The lowest BCUT2D eigenvalue weighted by atomic mass is 9.92. The Balaban J connectivity index is 0.000000565. The van der Waals surface area contributed by atoms with Crippen molar-refractivity contribution >= 4 is 11.6 Å². The van der Waals surface area contributed by atoms with Crippen molar-refractivity contribution in [3.8, 4) is 0 Å². The molecular weight excluding hydrogens is 473 g/mol. The predicted molar refractivity (Wildman–Crippen MR) is 162 cm³/mol. The lowest BCUT2D eigenvalue weighted by molar-refractivity contribution is 0.0916. The van der Waals surface area contributed by atoms with E-state index in [0.717, 1.165) is 17.9 Å². The maximum Gasteiger partial charge on any atom is 0.166 e. The van der Waals surface area contributed by atoms with Crippen molar-refractivity contribution in [3.63, 3.8) is 0 Å². The van der Waals surface area contributed by atoms with Crippen LogP contribution in [0.25, 0.3) is 0 Å². The molecular formula is C34H54FNO2. The largest absolute Gasteiger partial charge is 0.303 e. The summed E-state index contributed by atoms with van der Waals surface area (Å²) in [4.78, 5) is 25.9. The van der Waals surface area contributed by atoms with Crippen molar-refractivity contribution in [2.24, 2.45) is 11.8 Å². The van der Waals surface area contributed by atoms with Crippen molar-refractivity contribution < 1.29 is 14.0 Å². The summed E-state index contributed by atoms with van der Waals surface area (Å²) >= 11 is 0. The minimum absolute atomic E-state index is 0.0227. The standard InChI is InChI=1S/C14H31N.C13H16O2.C7H7F/c1-5-8-9-12-15(11-6-2)13-10-14(4)7-3;1-4-9(2)13(15)12-8-6-5-7-11(12)10(3)14;1-6-2-4-7(8)5-3-6/h14H,5-13H2,1-4H3;5-9H,4H2,1-3H3;2-5H,1H3. The van der Waals surface area contributed by atoms with Gasteiger partial charge in [0.05, 0.1) is 0 Å². The third-order valence-electron chi connectivity index (χ3n) is 6.90. The molecule has 4 heteroatoms. The number of halogens is 1. The number of aryl methyl sites for hydroxylation is 1. The first-order chi connectivity index (χ1) is 18.1. The van der Waals surface area contributed by atoms with E-state index in [1.807, 2.05) is 20.8 Å². The lowest BCUT2D eigenvalue weighted by Crippen LogP contribution is -2.28. The fourth-order valence-corrected chi connectivity index (χ4v) is 3.83. The van der Waals surface area contributed by atoms with Gasteiger partial charge in [0.1, 0.15) is 5.82 Å². The molecule has 2 aromatic carbocycles. The molecule has 2 unspecified atom stereocenters. The Morgan fingerprint density at radius 3 is 1.87 bits per heavy atom. The second-order valence-electron chi connectivity index (χ2n) is 10.4. The molecule has 0 aromatic heterocycles. The van der Waals surface area contributed by atoms with E-state index < -0.39 is 0 Å². The van der Waals surface area contributed by atoms with E-state index in [-0.39, 0.29) is 23.3 Å². The zero-order valence-corrected chi connectivity index (χ0v) is 25.5. The Hall–Kier alpha value is -2.33. The molecule has 38 heavy (non-hydrogen) atoms. The summed E-state index contributed by atoms with van der Waals surface area (Å²) in [5.41, 5.74) is 2.17. The molecule has 0 saturated carbocycles. The summed E-state index contributed by atoms with van der Waals surface area (Å²) < 4.78 is 12.1. The number of carbonyl (C=O) groups is 2. The number of Topliss-reactive ketones (excluding diaryl/α,β-unsaturated/α-hetero) is 2. The first kappa shape index (κ1) is 35.7. The molecule has 0 amide bonds. The Morgan fingerprint density at radius 2 is 1.39 bits per heavy atom. The second kappa shape index (κ2) is 21.6. The van der Waals surface area contributed by atoms with E-state index in [2.05, 4.69) is 32.6 Å². The fourth-order valence-electron chi connectivity index (χ4n) is 3.83. The van der Waals surface area contributed by atoms with Gasteiger partial charge in [0.15, 0.2) is 11.6 Å². The smallest absolute Gasteiger partial charge is 0.166 e. The van der Waals surface area contributed by atoms with Gasteiger partial charge in [-0.05, 0) is 77.2 Å². The average Bonchev–Trinajstić information content (AvgIpc) is 2.93. The average molecular weight is 528 g/mol. The molecule has 214 valence electrons. The monoisotopic (exact) mass is 527 g/mol. The maximum atomic E-state index is 12.1. The Morgan fingerprint density at radius 1 is 0.789 bits per heavy atom. The summed E-state index contributed by atoms with van der Waals surface area (Å²) in [7, 11) is 0. The van der Waals surface area contributed by atoms with Crippen LogP contribution in [0, 0.1) is 24.6 Å². The van der Waals surface area contributed by atoms with Crippen molar-refractivity contribution in [1.29, 1.82) is 0 Å². The third-order valence-corrected chi connectivity index (χ3v) is 6.90. The van der Waals surface area contributed by atoms with E-state index in [4.69, 9.17) is 0 Å². The SMILES string of the molecule is CCC(C)C(=O)c1ccccc1C(C)=O.CCCCCN(CCC)CCC(C)CC.Cc1ccc(F)cc1. The van der Waals surface area contributed by atoms with Crippen molar-refractivity contribution in [1.82, 2.24) is 4.90 Å². The van der Waals surface area contributed by atoms with E-state index >= 15 is 0 Å². The molecule has 0 fully saturated rings. The Labute approximate surface area is 233 Å². The molecule has 0 heterocycles. The van der Waals surface area contributed by atoms with Gasteiger partial charge >= 0.3 is 0 Å². The van der Waals surface area contributed by atoms with Gasteiger partial charge in [-0.15, -0.1) is 0 Å². The zero-order valence-electron chi connectivity index (χ0n) is 25.5. The van der Waals surface area contributed by atoms with Crippen LogP contribution in [-0.4, -0.2) is 36.1 Å². The zero-order chi connectivity index (χ0) is 28.9. The summed E-state index contributed by atoms with van der Waals surface area (Å²) in [5.74, 6) is 0.710. The highest BCUT2D eigenvalue weighted by Crippen LogP contribution is 2.16. The minimum Gasteiger partial charge on any atom is -0.303 e. The van der Waals surface area contributed by atoms with Crippen LogP contribution >= 0.6 is 0 Å². The van der Waals surface area contributed by atoms with Crippen LogP contribution in [0.15, 0.2) is 48.5 Å². The minimum atomic E-state index is -0.171. The van der Waals surface area contributed by atoms with Gasteiger partial charge in [-0.2, -0.15) is 0 Å². The van der Waals surface area contributed by atoms with Crippen LogP contribution in [0.1, 0.15) is 120 Å². The molecule has 3 nitrogen and oxygen atoms in total. The first-order valence-electron chi connectivity index (χ1n) is 14.7. The number of ketones is 2. The predicted octanol–water partition coefficient (Wildman–Crippen LogP) is 9.58. The highest BCUT2D eigenvalue weighted by molar-refractivity contribution is 6.08. The van der Waals surface area contributed by atoms with Crippen LogP contribution in [0.2, 0.25) is 0 Å². The van der Waals surface area contributed by atoms with E-state index in [1.54, 1.807) is 36.4 Å². The molecule has 0 aliphatic heterocycles. The number of rotatable bonds is 14.